The summed E-state index contributed by atoms with van der Waals surface area (Å²) in [6.45, 7) is 2.44. The minimum atomic E-state index is -0.735. The summed E-state index contributed by atoms with van der Waals surface area (Å²) in [4.78, 5) is 31.7. The minimum Gasteiger partial charge on any atom is -0.493 e. The Kier molecular flexibility index (Phi) is 5.16. The van der Waals surface area contributed by atoms with Gasteiger partial charge in [0.25, 0.3) is 5.56 Å². The molecule has 0 unspecified atom stereocenters. The maximum atomic E-state index is 13.3. The molecule has 0 radical (unpaired) electrons. The smallest absolute Gasteiger partial charge is 0.263 e. The number of methoxy groups -OCH3 is 2. The van der Waals surface area contributed by atoms with E-state index < -0.39 is 6.04 Å². The van der Waals surface area contributed by atoms with Crippen LogP contribution in [0.1, 0.15) is 36.1 Å². The molecule has 2 aromatic rings. The van der Waals surface area contributed by atoms with Crippen molar-refractivity contribution in [1.29, 1.82) is 0 Å². The molecule has 1 N–H and O–H groups in total. The fourth-order valence-electron chi connectivity index (χ4n) is 4.07. The summed E-state index contributed by atoms with van der Waals surface area (Å²) in [6, 6.07) is 2.92. The first-order valence-corrected chi connectivity index (χ1v) is 10.4. The third-order valence-corrected chi connectivity index (χ3v) is 6.52. The van der Waals surface area contributed by atoms with Crippen LogP contribution in [0, 0.1) is 0 Å². The third kappa shape index (κ3) is 3.23. The van der Waals surface area contributed by atoms with E-state index in [0.717, 1.165) is 23.3 Å². The topological polar surface area (TPSA) is 93.9 Å². The van der Waals surface area contributed by atoms with Crippen LogP contribution in [0.25, 0.3) is 0 Å². The number of carbonyl (C=O) groups excluding carboxylic acids is 1. The van der Waals surface area contributed by atoms with Gasteiger partial charge in [-0.1, -0.05) is 11.8 Å². The van der Waals surface area contributed by atoms with E-state index in [1.54, 1.807) is 22.6 Å². The molecule has 0 spiro atoms. The minimum absolute atomic E-state index is 0.125. The van der Waals surface area contributed by atoms with Crippen LogP contribution in [0.15, 0.2) is 22.1 Å². The zero-order valence-corrected chi connectivity index (χ0v) is 17.4. The molecular weight excluding hydrogens is 394 g/mol. The summed E-state index contributed by atoms with van der Waals surface area (Å²) >= 11 is 1.45. The van der Waals surface area contributed by atoms with E-state index >= 15 is 0 Å². The first kappa shape index (κ1) is 19.6. The molecule has 154 valence electrons. The molecule has 9 heteroatoms. The second-order valence-corrected chi connectivity index (χ2v) is 8.12. The van der Waals surface area contributed by atoms with E-state index in [9.17, 15) is 14.7 Å². The maximum Gasteiger partial charge on any atom is 0.263 e. The average molecular weight is 417 g/mol. The molecule has 3 heterocycles. The van der Waals surface area contributed by atoms with Crippen molar-refractivity contribution in [1.82, 2.24) is 14.5 Å². The lowest BCUT2D eigenvalue weighted by Gasteiger charge is -2.37. The van der Waals surface area contributed by atoms with Gasteiger partial charge in [0.1, 0.15) is 5.56 Å². The molecule has 4 rings (SSSR count). The SMILES string of the molecule is COc1cc2c(cc1OC)[C@H](c1c(O)nc3n(c1=O)CCCS3)N(C(C)=O)CC2. The van der Waals surface area contributed by atoms with Gasteiger partial charge < -0.3 is 19.5 Å². The number of rotatable bonds is 3. The normalized spacial score (nSPS) is 18.0. The number of fused-ring (bicyclic) bond motifs is 2. The number of aromatic hydroxyl groups is 1. The Morgan fingerprint density at radius 1 is 1.24 bits per heavy atom. The zero-order valence-electron chi connectivity index (χ0n) is 16.6. The van der Waals surface area contributed by atoms with Crippen LogP contribution >= 0.6 is 11.8 Å². The molecule has 1 amide bonds. The fraction of sp³-hybridized carbons (Fsp3) is 0.450. The van der Waals surface area contributed by atoms with Gasteiger partial charge in [0.2, 0.25) is 11.8 Å². The summed E-state index contributed by atoms with van der Waals surface area (Å²) in [5.41, 5.74) is 1.50. The number of benzene rings is 1. The Morgan fingerprint density at radius 2 is 1.97 bits per heavy atom. The van der Waals surface area contributed by atoms with Crippen LogP contribution in [0.2, 0.25) is 0 Å². The largest absolute Gasteiger partial charge is 0.493 e. The van der Waals surface area contributed by atoms with Crippen molar-refractivity contribution in [2.75, 3.05) is 26.5 Å². The zero-order chi connectivity index (χ0) is 20.7. The van der Waals surface area contributed by atoms with Gasteiger partial charge in [-0.15, -0.1) is 0 Å². The molecule has 0 fully saturated rings. The number of nitrogens with zero attached hydrogens (tertiary/aromatic N) is 3. The van der Waals surface area contributed by atoms with Crippen LogP contribution in [0.3, 0.4) is 0 Å². The van der Waals surface area contributed by atoms with E-state index in [1.807, 2.05) is 6.07 Å². The van der Waals surface area contributed by atoms with Crippen LogP contribution in [0.4, 0.5) is 0 Å². The lowest BCUT2D eigenvalue weighted by molar-refractivity contribution is -0.130. The van der Waals surface area contributed by atoms with Crippen LogP contribution in [0.5, 0.6) is 17.4 Å². The molecule has 2 aliphatic rings. The van der Waals surface area contributed by atoms with Crippen LogP contribution in [-0.4, -0.2) is 52.0 Å². The van der Waals surface area contributed by atoms with Crippen molar-refractivity contribution in [3.05, 3.63) is 39.2 Å². The van der Waals surface area contributed by atoms with E-state index in [-0.39, 0.29) is 22.9 Å². The van der Waals surface area contributed by atoms with Crippen molar-refractivity contribution < 1.29 is 19.4 Å². The number of thioether (sulfide) groups is 1. The van der Waals surface area contributed by atoms with Crippen molar-refractivity contribution in [3.8, 4) is 17.4 Å². The molecule has 1 aromatic carbocycles. The maximum absolute atomic E-state index is 13.3. The number of amides is 1. The highest BCUT2D eigenvalue weighted by Gasteiger charge is 2.37. The highest BCUT2D eigenvalue weighted by atomic mass is 32.2. The fourth-order valence-corrected chi connectivity index (χ4v) is 5.01. The van der Waals surface area contributed by atoms with Crippen LogP contribution < -0.4 is 15.0 Å². The average Bonchev–Trinajstić information content (AvgIpc) is 2.72. The molecule has 0 saturated carbocycles. The molecule has 1 atom stereocenters. The first-order chi connectivity index (χ1) is 14.0. The second kappa shape index (κ2) is 7.62. The molecule has 1 aromatic heterocycles. The first-order valence-electron chi connectivity index (χ1n) is 9.44. The summed E-state index contributed by atoms with van der Waals surface area (Å²) in [6.07, 6.45) is 1.47. The monoisotopic (exact) mass is 417 g/mol. The molecule has 29 heavy (non-hydrogen) atoms. The van der Waals surface area contributed by atoms with Crippen molar-refractivity contribution in [3.63, 3.8) is 0 Å². The predicted molar refractivity (Wildman–Crippen MR) is 108 cm³/mol. The van der Waals surface area contributed by atoms with Crippen molar-refractivity contribution >= 4 is 17.7 Å². The van der Waals surface area contributed by atoms with Gasteiger partial charge in [-0.05, 0) is 36.1 Å². The quantitative estimate of drug-likeness (QED) is 0.763. The molecular formula is C20H23N3O5S. The predicted octanol–water partition coefficient (Wildman–Crippen LogP) is 1.96. The molecule has 0 saturated heterocycles. The molecule has 0 bridgehead atoms. The van der Waals surface area contributed by atoms with Gasteiger partial charge >= 0.3 is 0 Å². The highest BCUT2D eigenvalue weighted by molar-refractivity contribution is 7.99. The van der Waals surface area contributed by atoms with Gasteiger partial charge in [0.05, 0.1) is 20.3 Å². The number of hydrogen-bond donors (Lipinski definition) is 1. The number of ether oxygens (including phenoxy) is 2. The molecule has 0 aliphatic carbocycles. The van der Waals surface area contributed by atoms with Crippen molar-refractivity contribution in [2.24, 2.45) is 0 Å². The van der Waals surface area contributed by atoms with E-state index in [2.05, 4.69) is 4.98 Å². The molecule has 8 nitrogen and oxygen atoms in total. The summed E-state index contributed by atoms with van der Waals surface area (Å²) < 4.78 is 12.4. The lowest BCUT2D eigenvalue weighted by atomic mass is 9.88. The second-order valence-electron chi connectivity index (χ2n) is 7.06. The summed E-state index contributed by atoms with van der Waals surface area (Å²) in [7, 11) is 3.10. The Morgan fingerprint density at radius 3 is 2.66 bits per heavy atom. The van der Waals surface area contributed by atoms with E-state index in [0.29, 0.717) is 36.2 Å². The van der Waals surface area contributed by atoms with E-state index in [1.165, 1.54) is 25.8 Å². The van der Waals surface area contributed by atoms with Crippen LogP contribution in [-0.2, 0) is 17.8 Å². The van der Waals surface area contributed by atoms with Gasteiger partial charge in [-0.2, -0.15) is 4.98 Å². The number of aromatic nitrogens is 2. The summed E-state index contributed by atoms with van der Waals surface area (Å²) in [5.74, 6) is 1.44. The lowest BCUT2D eigenvalue weighted by Crippen LogP contribution is -2.43. The van der Waals surface area contributed by atoms with Gasteiger partial charge in [-0.3, -0.25) is 14.2 Å². The standard InChI is InChI=1S/C20H23N3O5S/c1-11(24)22-7-5-12-9-14(27-2)15(28-3)10-13(12)17(22)16-18(25)21-20-23(19(16)26)6-4-8-29-20/h9-10,17,25H,4-8H2,1-3H3/t17-/m1/s1. The molecule has 2 aliphatic heterocycles. The Hall–Kier alpha value is -2.68. The Bertz CT molecular complexity index is 1040. The highest BCUT2D eigenvalue weighted by Crippen LogP contribution is 2.42. The Balaban J connectivity index is 1.97. The van der Waals surface area contributed by atoms with Crippen molar-refractivity contribution in [2.45, 2.75) is 37.5 Å². The van der Waals surface area contributed by atoms with Gasteiger partial charge in [-0.25, -0.2) is 0 Å². The Labute approximate surface area is 172 Å². The summed E-state index contributed by atoms with van der Waals surface area (Å²) in [5, 5.41) is 11.2. The number of carbonyl (C=O) groups is 1. The van der Waals surface area contributed by atoms with E-state index in [4.69, 9.17) is 9.47 Å². The van der Waals surface area contributed by atoms with Gasteiger partial charge in [0, 0.05) is 25.8 Å². The third-order valence-electron chi connectivity index (χ3n) is 5.46. The van der Waals surface area contributed by atoms with Gasteiger partial charge in [0.15, 0.2) is 16.7 Å². The number of hydrogen-bond acceptors (Lipinski definition) is 7.